The van der Waals surface area contributed by atoms with E-state index in [1.165, 1.54) is 4.90 Å². The lowest BCUT2D eigenvalue weighted by Crippen LogP contribution is -2.58. The minimum atomic E-state index is -1.13. The SMILES string of the molecule is C[C@H]1[C@H]2[C@@H](CC[C@H]1F)CN(C(=O)[C@@H](NC(=O)OC(C)(C)C)C(C)(C)C)[C@@H]2C(=O)O. The molecule has 6 atom stereocenters. The summed E-state index contributed by atoms with van der Waals surface area (Å²) in [6.45, 7) is 12.6. The summed E-state index contributed by atoms with van der Waals surface area (Å²) < 4.78 is 19.6. The number of carboxylic acid groups (broad SMARTS) is 1. The predicted molar refractivity (Wildman–Crippen MR) is 106 cm³/mol. The van der Waals surface area contributed by atoms with E-state index in [0.29, 0.717) is 12.8 Å². The minimum Gasteiger partial charge on any atom is -0.480 e. The van der Waals surface area contributed by atoms with Crippen molar-refractivity contribution in [3.05, 3.63) is 0 Å². The Morgan fingerprint density at radius 3 is 2.21 bits per heavy atom. The molecule has 0 aromatic heterocycles. The van der Waals surface area contributed by atoms with Crippen LogP contribution < -0.4 is 5.32 Å². The molecular weight excluding hydrogens is 379 g/mol. The van der Waals surface area contributed by atoms with Gasteiger partial charge in [0.1, 0.15) is 23.9 Å². The van der Waals surface area contributed by atoms with Crippen molar-refractivity contribution in [2.45, 2.75) is 85.2 Å². The van der Waals surface area contributed by atoms with Crippen LogP contribution in [0.1, 0.15) is 61.3 Å². The second-order valence-electron chi connectivity index (χ2n) is 10.5. The number of rotatable bonds is 3. The summed E-state index contributed by atoms with van der Waals surface area (Å²) in [7, 11) is 0. The van der Waals surface area contributed by atoms with Crippen LogP contribution in [0, 0.1) is 23.2 Å². The molecule has 1 heterocycles. The number of carbonyl (C=O) groups excluding carboxylic acids is 2. The smallest absolute Gasteiger partial charge is 0.408 e. The standard InChI is InChI=1S/C21H35FN2O5/c1-11-13(22)9-8-12-10-24(15(14(11)12)18(26)27)17(25)16(20(2,3)4)23-19(28)29-21(5,6)7/h11-16H,8-10H2,1-7H3,(H,23,28)(H,26,27)/t11-,12+,13-,14+,15+,16-/m1/s1. The van der Waals surface area contributed by atoms with Gasteiger partial charge in [0.15, 0.2) is 0 Å². The van der Waals surface area contributed by atoms with Gasteiger partial charge in [-0.15, -0.1) is 0 Å². The fraction of sp³-hybridized carbons (Fsp3) is 0.857. The number of aliphatic carboxylic acids is 1. The van der Waals surface area contributed by atoms with Gasteiger partial charge in [0.25, 0.3) is 0 Å². The molecular formula is C21H35FN2O5. The lowest BCUT2D eigenvalue weighted by atomic mass is 9.71. The molecule has 0 unspecified atom stereocenters. The summed E-state index contributed by atoms with van der Waals surface area (Å²) in [5.74, 6) is -2.50. The largest absolute Gasteiger partial charge is 0.480 e. The number of alkyl halides is 1. The maximum absolute atomic E-state index is 14.3. The van der Waals surface area contributed by atoms with Crippen molar-refractivity contribution in [3.63, 3.8) is 0 Å². The van der Waals surface area contributed by atoms with Gasteiger partial charge in [0.2, 0.25) is 5.91 Å². The molecule has 2 aliphatic rings. The second kappa shape index (κ2) is 8.11. The van der Waals surface area contributed by atoms with Crippen LogP contribution in [-0.4, -0.2) is 58.4 Å². The highest BCUT2D eigenvalue weighted by atomic mass is 19.1. The molecule has 0 radical (unpaired) electrons. The molecule has 0 aromatic rings. The van der Waals surface area contributed by atoms with Crippen LogP contribution >= 0.6 is 0 Å². The van der Waals surface area contributed by atoms with Crippen molar-refractivity contribution in [2.24, 2.45) is 23.2 Å². The molecule has 2 amide bonds. The van der Waals surface area contributed by atoms with E-state index in [1.54, 1.807) is 48.5 Å². The number of hydrogen-bond donors (Lipinski definition) is 2. The number of nitrogens with one attached hydrogen (secondary N) is 1. The molecule has 2 N–H and O–H groups in total. The van der Waals surface area contributed by atoms with E-state index in [9.17, 15) is 23.9 Å². The summed E-state index contributed by atoms with van der Waals surface area (Å²) in [6.07, 6.45) is -0.850. The number of nitrogens with zero attached hydrogens (tertiary/aromatic N) is 1. The first-order valence-electron chi connectivity index (χ1n) is 10.3. The van der Waals surface area contributed by atoms with E-state index in [2.05, 4.69) is 5.32 Å². The molecule has 2 rings (SSSR count). The third-order valence-corrected chi connectivity index (χ3v) is 5.98. The van der Waals surface area contributed by atoms with E-state index in [1.807, 2.05) is 0 Å². The third-order valence-electron chi connectivity index (χ3n) is 5.98. The third kappa shape index (κ3) is 5.20. The van der Waals surface area contributed by atoms with E-state index >= 15 is 0 Å². The molecule has 1 aliphatic carbocycles. The number of carbonyl (C=O) groups is 3. The van der Waals surface area contributed by atoms with E-state index < -0.39 is 59.1 Å². The Labute approximate surface area is 172 Å². The highest BCUT2D eigenvalue weighted by Crippen LogP contribution is 2.45. The summed E-state index contributed by atoms with van der Waals surface area (Å²) in [4.78, 5) is 39.2. The van der Waals surface area contributed by atoms with Crippen LogP contribution in [0.4, 0.5) is 9.18 Å². The first kappa shape index (κ1) is 23.4. The minimum absolute atomic E-state index is 0.0517. The first-order chi connectivity index (χ1) is 13.1. The van der Waals surface area contributed by atoms with Crippen molar-refractivity contribution in [1.29, 1.82) is 0 Å². The molecule has 2 fully saturated rings. The number of alkyl carbamates (subject to hydrolysis) is 1. The molecule has 1 saturated heterocycles. The molecule has 29 heavy (non-hydrogen) atoms. The molecule has 8 heteroatoms. The highest BCUT2D eigenvalue weighted by molar-refractivity contribution is 5.90. The predicted octanol–water partition coefficient (Wildman–Crippen LogP) is 3.22. The fourth-order valence-electron chi connectivity index (χ4n) is 4.60. The quantitative estimate of drug-likeness (QED) is 0.739. The van der Waals surface area contributed by atoms with Crippen LogP contribution in [0.5, 0.6) is 0 Å². The average Bonchev–Trinajstić information content (AvgIpc) is 2.93. The topological polar surface area (TPSA) is 95.9 Å². The molecule has 1 aliphatic heterocycles. The summed E-state index contributed by atoms with van der Waals surface area (Å²) in [5.41, 5.74) is -1.40. The monoisotopic (exact) mass is 414 g/mol. The Balaban J connectivity index is 2.30. The Bertz CT molecular complexity index is 654. The molecule has 1 saturated carbocycles. The van der Waals surface area contributed by atoms with Crippen molar-refractivity contribution >= 4 is 18.0 Å². The van der Waals surface area contributed by atoms with E-state index in [4.69, 9.17) is 4.74 Å². The Morgan fingerprint density at radius 1 is 1.14 bits per heavy atom. The number of amides is 2. The summed E-state index contributed by atoms with van der Waals surface area (Å²) in [5, 5.41) is 12.5. The van der Waals surface area contributed by atoms with Crippen LogP contribution in [0.15, 0.2) is 0 Å². The van der Waals surface area contributed by atoms with Gasteiger partial charge >= 0.3 is 12.1 Å². The zero-order valence-corrected chi connectivity index (χ0v) is 18.5. The lowest BCUT2D eigenvalue weighted by Gasteiger charge is -2.37. The molecule has 0 bridgehead atoms. The maximum atomic E-state index is 14.3. The number of halogens is 1. The normalized spacial score (nSPS) is 31.0. The van der Waals surface area contributed by atoms with Gasteiger partial charge in [-0.3, -0.25) is 4.79 Å². The van der Waals surface area contributed by atoms with Crippen LogP contribution in [0.25, 0.3) is 0 Å². The molecule has 0 spiro atoms. The van der Waals surface area contributed by atoms with Crippen LogP contribution in [0.2, 0.25) is 0 Å². The van der Waals surface area contributed by atoms with Gasteiger partial charge in [-0.05, 0) is 56.8 Å². The highest BCUT2D eigenvalue weighted by Gasteiger charge is 2.55. The van der Waals surface area contributed by atoms with Crippen molar-refractivity contribution in [2.75, 3.05) is 6.54 Å². The Morgan fingerprint density at radius 2 is 1.72 bits per heavy atom. The second-order valence-corrected chi connectivity index (χ2v) is 10.5. The van der Waals surface area contributed by atoms with Gasteiger partial charge in [-0.1, -0.05) is 27.7 Å². The summed E-state index contributed by atoms with van der Waals surface area (Å²) >= 11 is 0. The molecule has 7 nitrogen and oxygen atoms in total. The van der Waals surface area contributed by atoms with Crippen LogP contribution in [-0.2, 0) is 14.3 Å². The fourth-order valence-corrected chi connectivity index (χ4v) is 4.60. The average molecular weight is 415 g/mol. The maximum Gasteiger partial charge on any atom is 0.408 e. The zero-order valence-electron chi connectivity index (χ0n) is 18.5. The van der Waals surface area contributed by atoms with Gasteiger partial charge < -0.3 is 20.1 Å². The first-order valence-corrected chi connectivity index (χ1v) is 10.3. The van der Waals surface area contributed by atoms with Crippen molar-refractivity contribution in [3.8, 4) is 0 Å². The number of ether oxygens (including phenoxy) is 1. The molecule has 0 aromatic carbocycles. The van der Waals surface area contributed by atoms with Gasteiger partial charge in [0, 0.05) is 6.54 Å². The molecule has 166 valence electrons. The lowest BCUT2D eigenvalue weighted by molar-refractivity contribution is -0.152. The van der Waals surface area contributed by atoms with Crippen LogP contribution in [0.3, 0.4) is 0 Å². The van der Waals surface area contributed by atoms with Gasteiger partial charge in [0.05, 0.1) is 0 Å². The zero-order chi connectivity index (χ0) is 22.3. The number of carboxylic acids is 1. The number of hydrogen-bond acceptors (Lipinski definition) is 4. The Hall–Kier alpha value is -1.86. The van der Waals surface area contributed by atoms with E-state index in [-0.39, 0.29) is 12.5 Å². The van der Waals surface area contributed by atoms with Crippen molar-refractivity contribution in [1.82, 2.24) is 10.2 Å². The van der Waals surface area contributed by atoms with Gasteiger partial charge in [-0.2, -0.15) is 0 Å². The van der Waals surface area contributed by atoms with Gasteiger partial charge in [-0.25, -0.2) is 14.0 Å². The number of fused-ring (bicyclic) bond motifs is 1. The Kier molecular flexibility index (Phi) is 6.55. The number of likely N-dealkylation sites (tertiary alicyclic amines) is 1. The van der Waals surface area contributed by atoms with E-state index in [0.717, 1.165) is 0 Å². The van der Waals surface area contributed by atoms with Crippen molar-refractivity contribution < 1.29 is 28.6 Å². The summed E-state index contributed by atoms with van der Waals surface area (Å²) in [6, 6.07) is -2.05.